The number of nitrogens with zero attached hydrogens (tertiary/aromatic N) is 2. The van der Waals surface area contributed by atoms with E-state index in [1.807, 2.05) is 12.1 Å². The Morgan fingerprint density at radius 2 is 1.91 bits per heavy atom. The van der Waals surface area contributed by atoms with Crippen molar-refractivity contribution in [3.63, 3.8) is 0 Å². The molecule has 0 atom stereocenters. The molecule has 0 unspecified atom stereocenters. The molecule has 0 amide bonds. The molecule has 1 saturated carbocycles. The lowest BCUT2D eigenvalue weighted by Crippen LogP contribution is -2.44. The van der Waals surface area contributed by atoms with Crippen LogP contribution in [-0.2, 0) is 6.54 Å². The molecule has 1 aromatic rings. The summed E-state index contributed by atoms with van der Waals surface area (Å²) in [5.74, 6) is 0. The first-order valence-electron chi connectivity index (χ1n) is 8.29. The van der Waals surface area contributed by atoms with Gasteiger partial charge < -0.3 is 10.4 Å². The normalized spacial score (nSPS) is 21.5. The molecule has 1 aliphatic carbocycles. The molecule has 4 heteroatoms. The maximum Gasteiger partial charge on any atom is 0.0991 e. The van der Waals surface area contributed by atoms with Gasteiger partial charge in [-0.25, -0.2) is 0 Å². The van der Waals surface area contributed by atoms with Gasteiger partial charge in [-0.05, 0) is 56.5 Å². The van der Waals surface area contributed by atoms with Crippen molar-refractivity contribution in [3.05, 3.63) is 35.4 Å². The molecule has 1 heterocycles. The minimum Gasteiger partial charge on any atom is -0.396 e. The molecule has 0 radical (unpaired) electrons. The van der Waals surface area contributed by atoms with Crippen LogP contribution in [0.4, 0.5) is 0 Å². The quantitative estimate of drug-likeness (QED) is 0.842. The van der Waals surface area contributed by atoms with Crippen molar-refractivity contribution in [3.8, 4) is 6.07 Å². The molecule has 2 fully saturated rings. The first kappa shape index (κ1) is 15.5. The van der Waals surface area contributed by atoms with Crippen LogP contribution >= 0.6 is 0 Å². The van der Waals surface area contributed by atoms with E-state index < -0.39 is 0 Å². The van der Waals surface area contributed by atoms with Crippen LogP contribution in [0, 0.1) is 16.7 Å². The highest BCUT2D eigenvalue weighted by Gasteiger charge is 2.42. The second-order valence-corrected chi connectivity index (χ2v) is 6.90. The Kier molecular flexibility index (Phi) is 4.77. The number of piperidine rings is 1. The Bertz CT molecular complexity index is 522. The summed E-state index contributed by atoms with van der Waals surface area (Å²) in [6.45, 7) is 4.51. The standard InChI is InChI=1S/C18H25N3O/c19-11-15-1-3-16(4-2-15)12-21-9-5-17(6-10-21)20-13-18(14-22)7-8-18/h1-4,17,20,22H,5-10,12-14H2. The number of rotatable bonds is 6. The van der Waals surface area contributed by atoms with E-state index in [2.05, 4.69) is 28.4 Å². The number of aliphatic hydroxyl groups is 1. The van der Waals surface area contributed by atoms with Crippen molar-refractivity contribution in [2.45, 2.75) is 38.3 Å². The SMILES string of the molecule is N#Cc1ccc(CN2CCC(NCC3(CO)CC3)CC2)cc1. The molecule has 0 bridgehead atoms. The Hall–Kier alpha value is -1.41. The minimum atomic E-state index is 0.208. The van der Waals surface area contributed by atoms with Crippen LogP contribution in [0.1, 0.15) is 36.8 Å². The van der Waals surface area contributed by atoms with E-state index in [-0.39, 0.29) is 5.41 Å². The number of likely N-dealkylation sites (tertiary alicyclic amines) is 1. The van der Waals surface area contributed by atoms with Gasteiger partial charge in [-0.1, -0.05) is 12.1 Å². The zero-order valence-electron chi connectivity index (χ0n) is 13.1. The smallest absolute Gasteiger partial charge is 0.0991 e. The van der Waals surface area contributed by atoms with Crippen molar-refractivity contribution < 1.29 is 5.11 Å². The van der Waals surface area contributed by atoms with Gasteiger partial charge in [0.05, 0.1) is 11.6 Å². The molecule has 2 N–H and O–H groups in total. The highest BCUT2D eigenvalue weighted by Crippen LogP contribution is 2.44. The number of nitrogens with one attached hydrogen (secondary N) is 1. The van der Waals surface area contributed by atoms with Gasteiger partial charge >= 0.3 is 0 Å². The minimum absolute atomic E-state index is 0.208. The van der Waals surface area contributed by atoms with Crippen molar-refractivity contribution in [1.82, 2.24) is 10.2 Å². The third-order valence-electron chi connectivity index (χ3n) is 5.14. The van der Waals surface area contributed by atoms with Gasteiger partial charge in [0.1, 0.15) is 0 Å². The van der Waals surface area contributed by atoms with Gasteiger partial charge in [0.25, 0.3) is 0 Å². The fraction of sp³-hybridized carbons (Fsp3) is 0.611. The summed E-state index contributed by atoms with van der Waals surface area (Å²) in [6.07, 6.45) is 4.71. The second-order valence-electron chi connectivity index (χ2n) is 6.90. The zero-order valence-corrected chi connectivity index (χ0v) is 13.1. The molecule has 1 saturated heterocycles. The fourth-order valence-electron chi connectivity index (χ4n) is 3.17. The maximum absolute atomic E-state index is 9.36. The molecule has 1 aliphatic heterocycles. The van der Waals surface area contributed by atoms with Crippen molar-refractivity contribution in [2.75, 3.05) is 26.2 Å². The van der Waals surface area contributed by atoms with Crippen LogP contribution < -0.4 is 5.32 Å². The summed E-state index contributed by atoms with van der Waals surface area (Å²) in [5, 5.41) is 21.8. The zero-order chi connectivity index (χ0) is 15.4. The molecule has 22 heavy (non-hydrogen) atoms. The van der Waals surface area contributed by atoms with Gasteiger partial charge in [-0.15, -0.1) is 0 Å². The lowest BCUT2D eigenvalue weighted by Gasteiger charge is -2.33. The average molecular weight is 299 g/mol. The van der Waals surface area contributed by atoms with Gasteiger partial charge in [0.2, 0.25) is 0 Å². The third kappa shape index (κ3) is 3.86. The number of nitriles is 1. The third-order valence-corrected chi connectivity index (χ3v) is 5.14. The topological polar surface area (TPSA) is 59.3 Å². The van der Waals surface area contributed by atoms with Crippen LogP contribution in [0.15, 0.2) is 24.3 Å². The predicted molar refractivity (Wildman–Crippen MR) is 86.2 cm³/mol. The molecule has 3 rings (SSSR count). The van der Waals surface area contributed by atoms with Gasteiger partial charge in [-0.3, -0.25) is 4.90 Å². The summed E-state index contributed by atoms with van der Waals surface area (Å²) in [7, 11) is 0. The number of hydrogen-bond acceptors (Lipinski definition) is 4. The highest BCUT2D eigenvalue weighted by atomic mass is 16.3. The summed E-state index contributed by atoms with van der Waals surface area (Å²) in [5.41, 5.74) is 2.21. The monoisotopic (exact) mass is 299 g/mol. The van der Waals surface area contributed by atoms with E-state index in [0.29, 0.717) is 12.6 Å². The summed E-state index contributed by atoms with van der Waals surface area (Å²) in [6, 6.07) is 10.7. The van der Waals surface area contributed by atoms with E-state index in [0.717, 1.165) is 31.7 Å². The average Bonchev–Trinajstić information content (AvgIpc) is 3.36. The summed E-state index contributed by atoms with van der Waals surface area (Å²) < 4.78 is 0. The second kappa shape index (κ2) is 6.78. The molecule has 1 aromatic carbocycles. The van der Waals surface area contributed by atoms with Gasteiger partial charge in [-0.2, -0.15) is 5.26 Å². The Morgan fingerprint density at radius 1 is 1.23 bits per heavy atom. The number of benzene rings is 1. The Labute approximate surface area is 132 Å². The largest absolute Gasteiger partial charge is 0.396 e. The fourth-order valence-corrected chi connectivity index (χ4v) is 3.17. The molecule has 4 nitrogen and oxygen atoms in total. The van der Waals surface area contributed by atoms with Gasteiger partial charge in [0, 0.05) is 31.2 Å². The van der Waals surface area contributed by atoms with E-state index in [9.17, 15) is 5.11 Å². The predicted octanol–water partition coefficient (Wildman–Crippen LogP) is 1.88. The lowest BCUT2D eigenvalue weighted by atomic mass is 10.0. The molecule has 118 valence electrons. The molecule has 2 aliphatic rings. The molecule has 0 spiro atoms. The first-order valence-corrected chi connectivity index (χ1v) is 8.29. The van der Waals surface area contributed by atoms with Crippen molar-refractivity contribution in [1.29, 1.82) is 5.26 Å². The summed E-state index contributed by atoms with van der Waals surface area (Å²) in [4.78, 5) is 2.48. The number of hydrogen-bond donors (Lipinski definition) is 2. The van der Waals surface area contributed by atoms with Gasteiger partial charge in [0.15, 0.2) is 0 Å². The molecular weight excluding hydrogens is 274 g/mol. The lowest BCUT2D eigenvalue weighted by molar-refractivity contribution is 0.170. The van der Waals surface area contributed by atoms with Crippen LogP contribution in [0.25, 0.3) is 0 Å². The van der Waals surface area contributed by atoms with E-state index >= 15 is 0 Å². The highest BCUT2D eigenvalue weighted by molar-refractivity contribution is 5.31. The first-order chi connectivity index (χ1) is 10.7. The van der Waals surface area contributed by atoms with Crippen LogP contribution in [0.5, 0.6) is 0 Å². The van der Waals surface area contributed by atoms with Crippen LogP contribution in [0.2, 0.25) is 0 Å². The van der Waals surface area contributed by atoms with E-state index in [1.54, 1.807) is 0 Å². The Morgan fingerprint density at radius 3 is 2.45 bits per heavy atom. The van der Waals surface area contributed by atoms with Crippen LogP contribution in [0.3, 0.4) is 0 Å². The van der Waals surface area contributed by atoms with E-state index in [1.165, 1.54) is 31.2 Å². The maximum atomic E-state index is 9.36. The molecular formula is C18H25N3O. The van der Waals surface area contributed by atoms with Crippen molar-refractivity contribution >= 4 is 0 Å². The van der Waals surface area contributed by atoms with E-state index in [4.69, 9.17) is 5.26 Å². The Balaban J connectivity index is 1.40. The van der Waals surface area contributed by atoms with Crippen LogP contribution in [-0.4, -0.2) is 42.3 Å². The molecule has 0 aromatic heterocycles. The van der Waals surface area contributed by atoms with Crippen molar-refractivity contribution in [2.24, 2.45) is 5.41 Å². The number of aliphatic hydroxyl groups excluding tert-OH is 1. The summed E-state index contributed by atoms with van der Waals surface area (Å²) >= 11 is 0.